The fourth-order valence-electron chi connectivity index (χ4n) is 1.76. The van der Waals surface area contributed by atoms with E-state index in [9.17, 15) is 8.42 Å². The largest absolute Gasteiger partial charge is 0.375 e. The van der Waals surface area contributed by atoms with Crippen molar-refractivity contribution < 1.29 is 13.2 Å². The molecule has 1 aromatic heterocycles. The van der Waals surface area contributed by atoms with Gasteiger partial charge in [0.15, 0.2) is 0 Å². The highest BCUT2D eigenvalue weighted by Gasteiger charge is 2.20. The van der Waals surface area contributed by atoms with Crippen LogP contribution in [0.25, 0.3) is 0 Å². The number of hydrogen-bond donors (Lipinski definition) is 1. The van der Waals surface area contributed by atoms with Gasteiger partial charge in [0, 0.05) is 24.2 Å². The van der Waals surface area contributed by atoms with E-state index in [0.29, 0.717) is 5.02 Å². The summed E-state index contributed by atoms with van der Waals surface area (Å²) in [5, 5.41) is 0.544. The molecule has 0 aliphatic carbocycles. The maximum Gasteiger partial charge on any atom is 0.250 e. The number of ether oxygens (including phenoxy) is 1. The van der Waals surface area contributed by atoms with Gasteiger partial charge in [0.2, 0.25) is 10.0 Å². The third kappa shape index (κ3) is 4.28. The average Bonchev–Trinajstić information content (AvgIpc) is 2.89. The molecule has 1 atom stereocenters. The number of nitrogens with one attached hydrogen (secondary N) is 1. The summed E-state index contributed by atoms with van der Waals surface area (Å²) in [6, 6.07) is 10.4. The first kappa shape index (κ1) is 16.9. The molecule has 0 saturated heterocycles. The molecule has 1 N–H and O–H groups in total. The van der Waals surface area contributed by atoms with Crippen LogP contribution in [0, 0.1) is 0 Å². The van der Waals surface area contributed by atoms with E-state index in [4.69, 9.17) is 16.3 Å². The van der Waals surface area contributed by atoms with Crippen LogP contribution < -0.4 is 4.72 Å². The minimum atomic E-state index is -3.55. The van der Waals surface area contributed by atoms with Crippen LogP contribution in [-0.4, -0.2) is 22.1 Å². The van der Waals surface area contributed by atoms with Gasteiger partial charge in [-0.1, -0.05) is 29.8 Å². The Kier molecular flexibility index (Phi) is 5.81. The molecule has 8 heteroatoms. The Balaban J connectivity index is 2.12. The van der Waals surface area contributed by atoms with Crippen molar-refractivity contribution in [3.05, 3.63) is 50.8 Å². The van der Waals surface area contributed by atoms with E-state index in [-0.39, 0.29) is 10.8 Å². The van der Waals surface area contributed by atoms with Gasteiger partial charge in [-0.3, -0.25) is 0 Å². The highest BCUT2D eigenvalue weighted by atomic mass is 79.9. The molecule has 0 amide bonds. The maximum atomic E-state index is 12.2. The summed E-state index contributed by atoms with van der Waals surface area (Å²) in [6.07, 6.45) is -0.447. The van der Waals surface area contributed by atoms with Crippen LogP contribution in [0.15, 0.2) is 44.4 Å². The maximum absolute atomic E-state index is 12.2. The highest BCUT2D eigenvalue weighted by molar-refractivity contribution is 9.11. The van der Waals surface area contributed by atoms with E-state index in [1.54, 1.807) is 18.2 Å². The predicted octanol–water partition coefficient (Wildman–Crippen LogP) is 3.83. The number of rotatable bonds is 6. The lowest BCUT2D eigenvalue weighted by Gasteiger charge is -2.17. The Labute approximate surface area is 141 Å². The Hall–Kier alpha value is -0.440. The van der Waals surface area contributed by atoms with Gasteiger partial charge in [-0.25, -0.2) is 13.1 Å². The zero-order valence-corrected chi connectivity index (χ0v) is 15.0. The molecule has 0 aliphatic heterocycles. The molecule has 0 saturated carbocycles. The first-order valence-electron chi connectivity index (χ1n) is 5.96. The van der Waals surface area contributed by atoms with E-state index in [2.05, 4.69) is 20.7 Å². The summed E-state index contributed by atoms with van der Waals surface area (Å²) < 4.78 is 33.2. The monoisotopic (exact) mass is 409 g/mol. The Morgan fingerprint density at radius 1 is 1.33 bits per heavy atom. The zero-order chi connectivity index (χ0) is 15.5. The van der Waals surface area contributed by atoms with E-state index >= 15 is 0 Å². The van der Waals surface area contributed by atoms with E-state index in [0.717, 1.165) is 20.7 Å². The van der Waals surface area contributed by atoms with Crippen LogP contribution in [0.3, 0.4) is 0 Å². The molecule has 114 valence electrons. The van der Waals surface area contributed by atoms with E-state index in [1.165, 1.54) is 7.11 Å². The third-order valence-corrected chi connectivity index (χ3v) is 6.69. The first-order valence-corrected chi connectivity index (χ1v) is 9.43. The van der Waals surface area contributed by atoms with Crippen LogP contribution in [0.4, 0.5) is 0 Å². The fraction of sp³-hybridized carbons (Fsp3) is 0.231. The van der Waals surface area contributed by atoms with Crippen molar-refractivity contribution in [2.45, 2.75) is 10.3 Å². The van der Waals surface area contributed by atoms with Gasteiger partial charge in [0.05, 0.1) is 9.89 Å². The second-order valence-electron chi connectivity index (χ2n) is 4.16. The average molecular weight is 411 g/mol. The number of hydrogen-bond acceptors (Lipinski definition) is 4. The van der Waals surface area contributed by atoms with Crippen molar-refractivity contribution in [2.75, 3.05) is 13.7 Å². The molecule has 21 heavy (non-hydrogen) atoms. The van der Waals surface area contributed by atoms with Crippen molar-refractivity contribution in [3.63, 3.8) is 0 Å². The molecule has 0 spiro atoms. The summed E-state index contributed by atoms with van der Waals surface area (Å²) in [4.78, 5) is 0. The van der Waals surface area contributed by atoms with Gasteiger partial charge in [0.1, 0.15) is 4.21 Å². The van der Waals surface area contributed by atoms with Crippen molar-refractivity contribution in [3.8, 4) is 0 Å². The van der Waals surface area contributed by atoms with Gasteiger partial charge in [-0.2, -0.15) is 0 Å². The highest BCUT2D eigenvalue weighted by Crippen LogP contribution is 2.27. The number of methoxy groups -OCH3 is 1. The quantitative estimate of drug-likeness (QED) is 0.787. The standard InChI is InChI=1S/C13H13BrClNO3S2/c1-19-11(9-4-2-3-5-10(9)15)8-16-21(17,18)13-7-6-12(14)20-13/h2-7,11,16H,8H2,1H3/t11-/m1/s1. The number of sulfonamides is 1. The topological polar surface area (TPSA) is 55.4 Å². The molecular weight excluding hydrogens is 398 g/mol. The molecule has 4 nitrogen and oxygen atoms in total. The van der Waals surface area contributed by atoms with Crippen molar-refractivity contribution >= 4 is 48.9 Å². The Bertz CT molecular complexity index is 718. The van der Waals surface area contributed by atoms with Crippen LogP contribution in [0.5, 0.6) is 0 Å². The lowest BCUT2D eigenvalue weighted by molar-refractivity contribution is 0.107. The zero-order valence-electron chi connectivity index (χ0n) is 11.0. The first-order chi connectivity index (χ1) is 9.94. The molecule has 0 radical (unpaired) electrons. The molecular formula is C13H13BrClNO3S2. The van der Waals surface area contributed by atoms with Crippen molar-refractivity contribution in [1.82, 2.24) is 4.72 Å². The third-order valence-electron chi connectivity index (χ3n) is 2.81. The van der Waals surface area contributed by atoms with Crippen molar-refractivity contribution in [1.29, 1.82) is 0 Å². The van der Waals surface area contributed by atoms with Crippen LogP contribution >= 0.6 is 38.9 Å². The Morgan fingerprint density at radius 2 is 2.05 bits per heavy atom. The summed E-state index contributed by atoms with van der Waals surface area (Å²) >= 11 is 10.5. The van der Waals surface area contributed by atoms with Crippen LogP contribution in [0.2, 0.25) is 5.02 Å². The minimum Gasteiger partial charge on any atom is -0.375 e. The Morgan fingerprint density at radius 3 is 2.62 bits per heavy atom. The van der Waals surface area contributed by atoms with Crippen LogP contribution in [0.1, 0.15) is 11.7 Å². The predicted molar refractivity (Wildman–Crippen MR) is 88.4 cm³/mol. The van der Waals surface area contributed by atoms with Crippen LogP contribution in [-0.2, 0) is 14.8 Å². The molecule has 1 heterocycles. The van der Waals surface area contributed by atoms with E-state index in [1.807, 2.05) is 18.2 Å². The van der Waals surface area contributed by atoms with Gasteiger partial charge < -0.3 is 4.74 Å². The van der Waals surface area contributed by atoms with Gasteiger partial charge in [0.25, 0.3) is 0 Å². The summed E-state index contributed by atoms with van der Waals surface area (Å²) in [5.74, 6) is 0. The smallest absolute Gasteiger partial charge is 0.250 e. The number of halogens is 2. The minimum absolute atomic E-state index is 0.109. The molecule has 0 unspecified atom stereocenters. The van der Waals surface area contributed by atoms with Gasteiger partial charge >= 0.3 is 0 Å². The fourth-order valence-corrected chi connectivity index (χ4v) is 5.10. The van der Waals surface area contributed by atoms with Crippen molar-refractivity contribution in [2.24, 2.45) is 0 Å². The SMILES string of the molecule is CO[C@H](CNS(=O)(=O)c1ccc(Br)s1)c1ccccc1Cl. The summed E-state index contributed by atoms with van der Waals surface area (Å²) in [5.41, 5.74) is 0.747. The second kappa shape index (κ2) is 7.21. The summed E-state index contributed by atoms with van der Waals surface area (Å²) in [6.45, 7) is 0.109. The van der Waals surface area contributed by atoms with Gasteiger partial charge in [-0.05, 0) is 34.1 Å². The van der Waals surface area contributed by atoms with E-state index < -0.39 is 16.1 Å². The lowest BCUT2D eigenvalue weighted by Crippen LogP contribution is -2.28. The molecule has 0 aliphatic rings. The molecule has 2 rings (SSSR count). The second-order valence-corrected chi connectivity index (χ2v) is 9.02. The van der Waals surface area contributed by atoms with Gasteiger partial charge in [-0.15, -0.1) is 11.3 Å². The number of benzene rings is 1. The summed E-state index contributed by atoms with van der Waals surface area (Å²) in [7, 11) is -2.03. The molecule has 0 fully saturated rings. The molecule has 0 bridgehead atoms. The lowest BCUT2D eigenvalue weighted by atomic mass is 10.1. The molecule has 1 aromatic carbocycles. The normalized spacial score (nSPS) is 13.3. The number of thiophene rings is 1. The molecule has 2 aromatic rings.